The highest BCUT2D eigenvalue weighted by atomic mass is 32.2. The number of hydrogen-bond acceptors (Lipinski definition) is 5. The van der Waals surface area contributed by atoms with Crippen LogP contribution in [-0.4, -0.2) is 46.6 Å². The van der Waals surface area contributed by atoms with Gasteiger partial charge in [0.2, 0.25) is 10.0 Å². The third kappa shape index (κ3) is 5.03. The van der Waals surface area contributed by atoms with Crippen molar-refractivity contribution in [1.82, 2.24) is 10.2 Å². The molecule has 0 unspecified atom stereocenters. The number of rotatable bonds is 6. The first kappa shape index (κ1) is 21.9. The summed E-state index contributed by atoms with van der Waals surface area (Å²) < 4.78 is 34.0. The van der Waals surface area contributed by atoms with Crippen LogP contribution in [0, 0.1) is 0 Å². The summed E-state index contributed by atoms with van der Waals surface area (Å²) in [6, 6.07) is 10.6. The van der Waals surface area contributed by atoms with Crippen LogP contribution in [-0.2, 0) is 29.5 Å². The van der Waals surface area contributed by atoms with Gasteiger partial charge in [0.1, 0.15) is 0 Å². The Hall–Kier alpha value is -2.78. The molecule has 0 saturated heterocycles. The molecule has 0 saturated carbocycles. The van der Waals surface area contributed by atoms with E-state index in [0.29, 0.717) is 18.8 Å². The maximum atomic E-state index is 11.6. The number of sulfonamides is 1. The van der Waals surface area contributed by atoms with Crippen LogP contribution in [0.4, 0.5) is 0 Å². The molecular formula is C21H28N4O4S. The number of ether oxygens (including phenoxy) is 2. The fourth-order valence-corrected chi connectivity index (χ4v) is 4.06. The fraction of sp³-hybridized carbons (Fsp3) is 0.381. The van der Waals surface area contributed by atoms with E-state index in [1.807, 2.05) is 25.1 Å². The molecule has 1 aliphatic rings. The summed E-state index contributed by atoms with van der Waals surface area (Å²) in [5.41, 5.74) is 3.18. The SMILES string of the molecule is CCNC(=NCc1cccc(S(N)(=O)=O)c1)N1CCc2cc(OC)c(OC)cc2C1. The Morgan fingerprint density at radius 3 is 2.50 bits per heavy atom. The monoisotopic (exact) mass is 432 g/mol. The van der Waals surface area contributed by atoms with Crippen LogP contribution in [0.2, 0.25) is 0 Å². The lowest BCUT2D eigenvalue weighted by atomic mass is 9.99. The van der Waals surface area contributed by atoms with Gasteiger partial charge in [0.15, 0.2) is 17.5 Å². The lowest BCUT2D eigenvalue weighted by Crippen LogP contribution is -2.44. The quantitative estimate of drug-likeness (QED) is 0.533. The zero-order valence-electron chi connectivity index (χ0n) is 17.5. The molecule has 0 amide bonds. The van der Waals surface area contributed by atoms with E-state index in [9.17, 15) is 8.42 Å². The van der Waals surface area contributed by atoms with Crippen molar-refractivity contribution in [2.45, 2.75) is 31.3 Å². The van der Waals surface area contributed by atoms with Crippen molar-refractivity contribution in [3.05, 3.63) is 53.1 Å². The standard InChI is InChI=1S/C21H28N4O4S/c1-4-23-21(24-13-15-6-5-7-18(10-15)30(22,26)27)25-9-8-16-11-19(28-2)20(29-3)12-17(16)14-25/h5-7,10-12H,4,8-9,13-14H2,1-3H3,(H,23,24)(H2,22,26,27). The van der Waals surface area contributed by atoms with Gasteiger partial charge in [-0.25, -0.2) is 18.5 Å². The van der Waals surface area contributed by atoms with Crippen molar-refractivity contribution in [3.63, 3.8) is 0 Å². The minimum Gasteiger partial charge on any atom is -0.493 e. The molecule has 8 nitrogen and oxygen atoms in total. The number of methoxy groups -OCH3 is 2. The molecule has 0 fully saturated rings. The van der Waals surface area contributed by atoms with Crippen molar-refractivity contribution >= 4 is 16.0 Å². The van der Waals surface area contributed by atoms with Crippen molar-refractivity contribution in [3.8, 4) is 11.5 Å². The van der Waals surface area contributed by atoms with Gasteiger partial charge in [-0.2, -0.15) is 0 Å². The Bertz CT molecular complexity index is 1040. The molecule has 1 aliphatic heterocycles. The number of nitrogens with two attached hydrogens (primary N) is 1. The van der Waals surface area contributed by atoms with Gasteiger partial charge < -0.3 is 19.7 Å². The summed E-state index contributed by atoms with van der Waals surface area (Å²) in [5, 5.41) is 8.56. The van der Waals surface area contributed by atoms with E-state index in [-0.39, 0.29) is 4.90 Å². The third-order valence-electron chi connectivity index (χ3n) is 4.99. The average Bonchev–Trinajstić information content (AvgIpc) is 2.74. The van der Waals surface area contributed by atoms with E-state index in [1.165, 1.54) is 17.2 Å². The van der Waals surface area contributed by atoms with Crippen molar-refractivity contribution < 1.29 is 17.9 Å². The lowest BCUT2D eigenvalue weighted by molar-refractivity contribution is 0.346. The minimum atomic E-state index is -3.74. The number of fused-ring (bicyclic) bond motifs is 1. The number of primary sulfonamides is 1. The molecule has 0 atom stereocenters. The highest BCUT2D eigenvalue weighted by Gasteiger charge is 2.21. The van der Waals surface area contributed by atoms with Crippen LogP contribution in [0.15, 0.2) is 46.3 Å². The number of guanidine groups is 1. The predicted molar refractivity (Wildman–Crippen MR) is 116 cm³/mol. The summed E-state index contributed by atoms with van der Waals surface area (Å²) in [5.74, 6) is 2.22. The zero-order valence-corrected chi connectivity index (χ0v) is 18.3. The summed E-state index contributed by atoms with van der Waals surface area (Å²) in [6.07, 6.45) is 0.862. The molecule has 1 heterocycles. The Balaban J connectivity index is 1.82. The first-order chi connectivity index (χ1) is 14.4. The third-order valence-corrected chi connectivity index (χ3v) is 5.90. The molecule has 3 N–H and O–H groups in total. The van der Waals surface area contributed by atoms with Crippen LogP contribution < -0.4 is 19.9 Å². The molecule has 2 aromatic rings. The molecule has 2 aromatic carbocycles. The molecule has 0 spiro atoms. The smallest absolute Gasteiger partial charge is 0.238 e. The molecule has 3 rings (SSSR count). The maximum Gasteiger partial charge on any atom is 0.238 e. The fourth-order valence-electron chi connectivity index (χ4n) is 3.48. The zero-order chi connectivity index (χ0) is 21.7. The van der Waals surface area contributed by atoms with Crippen LogP contribution in [0.3, 0.4) is 0 Å². The van der Waals surface area contributed by atoms with Gasteiger partial charge in [0.05, 0.1) is 25.7 Å². The van der Waals surface area contributed by atoms with Crippen LogP contribution >= 0.6 is 0 Å². The number of nitrogens with zero attached hydrogens (tertiary/aromatic N) is 2. The van der Waals surface area contributed by atoms with E-state index in [2.05, 4.69) is 10.2 Å². The number of aliphatic imine (C=N–C) groups is 1. The first-order valence-corrected chi connectivity index (χ1v) is 11.3. The van der Waals surface area contributed by atoms with Gasteiger partial charge in [-0.3, -0.25) is 0 Å². The highest BCUT2D eigenvalue weighted by Crippen LogP contribution is 2.33. The second-order valence-corrected chi connectivity index (χ2v) is 8.57. The van der Waals surface area contributed by atoms with Gasteiger partial charge in [-0.1, -0.05) is 12.1 Å². The Morgan fingerprint density at radius 1 is 1.17 bits per heavy atom. The second-order valence-electron chi connectivity index (χ2n) is 7.01. The Kier molecular flexibility index (Phi) is 6.84. The van der Waals surface area contributed by atoms with Gasteiger partial charge in [0, 0.05) is 19.6 Å². The van der Waals surface area contributed by atoms with Gasteiger partial charge in [-0.15, -0.1) is 0 Å². The topological polar surface area (TPSA) is 106 Å². The van der Waals surface area contributed by atoms with Crippen molar-refractivity contribution in [2.75, 3.05) is 27.3 Å². The number of benzene rings is 2. The average molecular weight is 433 g/mol. The molecular weight excluding hydrogens is 404 g/mol. The van der Waals surface area contributed by atoms with E-state index in [0.717, 1.165) is 36.8 Å². The summed E-state index contributed by atoms with van der Waals surface area (Å²) in [7, 11) is -0.467. The van der Waals surface area contributed by atoms with Gasteiger partial charge in [0.25, 0.3) is 0 Å². The molecule has 30 heavy (non-hydrogen) atoms. The first-order valence-electron chi connectivity index (χ1n) is 9.74. The summed E-state index contributed by atoms with van der Waals surface area (Å²) in [4.78, 5) is 6.99. The van der Waals surface area contributed by atoms with Crippen molar-refractivity contribution in [2.24, 2.45) is 10.1 Å². The molecule has 0 aliphatic carbocycles. The van der Waals surface area contributed by atoms with Crippen molar-refractivity contribution in [1.29, 1.82) is 0 Å². The van der Waals surface area contributed by atoms with E-state index >= 15 is 0 Å². The van der Waals surface area contributed by atoms with Gasteiger partial charge >= 0.3 is 0 Å². The highest BCUT2D eigenvalue weighted by molar-refractivity contribution is 7.89. The predicted octanol–water partition coefficient (Wildman–Crippen LogP) is 1.88. The Labute approximate surface area is 177 Å². The second kappa shape index (κ2) is 9.36. The molecule has 9 heteroatoms. The lowest BCUT2D eigenvalue weighted by Gasteiger charge is -2.32. The summed E-state index contributed by atoms with van der Waals surface area (Å²) >= 11 is 0. The van der Waals surface area contributed by atoms with E-state index in [4.69, 9.17) is 19.6 Å². The number of hydrogen-bond donors (Lipinski definition) is 2. The van der Waals surface area contributed by atoms with Crippen LogP contribution in [0.5, 0.6) is 11.5 Å². The van der Waals surface area contributed by atoms with Crippen LogP contribution in [0.25, 0.3) is 0 Å². The number of nitrogens with one attached hydrogen (secondary N) is 1. The minimum absolute atomic E-state index is 0.0909. The largest absolute Gasteiger partial charge is 0.493 e. The van der Waals surface area contributed by atoms with Crippen LogP contribution in [0.1, 0.15) is 23.6 Å². The maximum absolute atomic E-state index is 11.6. The summed E-state index contributed by atoms with van der Waals surface area (Å²) in [6.45, 7) is 4.60. The molecule has 0 radical (unpaired) electrons. The molecule has 0 bridgehead atoms. The molecule has 0 aromatic heterocycles. The Morgan fingerprint density at radius 2 is 1.87 bits per heavy atom. The van der Waals surface area contributed by atoms with Gasteiger partial charge in [-0.05, 0) is 54.3 Å². The molecule has 162 valence electrons. The van der Waals surface area contributed by atoms with E-state index in [1.54, 1.807) is 26.4 Å². The van der Waals surface area contributed by atoms with E-state index < -0.39 is 10.0 Å². The normalized spacial score (nSPS) is 14.3.